The maximum Gasteiger partial charge on any atom is 0.254 e. The lowest BCUT2D eigenvalue weighted by molar-refractivity contribution is 0.0954. The van der Waals surface area contributed by atoms with Crippen LogP contribution in [0.5, 0.6) is 5.75 Å². The molecule has 0 unspecified atom stereocenters. The molecule has 0 saturated carbocycles. The zero-order valence-corrected chi connectivity index (χ0v) is 16.7. The van der Waals surface area contributed by atoms with Gasteiger partial charge in [-0.1, -0.05) is 36.4 Å². The molecule has 0 aliphatic carbocycles. The first-order valence-corrected chi connectivity index (χ1v) is 9.92. The van der Waals surface area contributed by atoms with Crippen molar-refractivity contribution in [3.05, 3.63) is 94.8 Å². The molecule has 1 aliphatic rings. The van der Waals surface area contributed by atoms with Gasteiger partial charge in [0.2, 0.25) is 0 Å². The Morgan fingerprint density at radius 3 is 2.67 bits per heavy atom. The van der Waals surface area contributed by atoms with Gasteiger partial charge in [-0.15, -0.1) is 0 Å². The van der Waals surface area contributed by atoms with Crippen LogP contribution < -0.4 is 15.4 Å². The van der Waals surface area contributed by atoms with Gasteiger partial charge < -0.3 is 15.4 Å². The minimum Gasteiger partial charge on any atom is -0.491 e. The predicted molar refractivity (Wildman–Crippen MR) is 114 cm³/mol. The minimum atomic E-state index is -0.273. The summed E-state index contributed by atoms with van der Waals surface area (Å²) < 4.78 is 5.89. The highest BCUT2D eigenvalue weighted by Crippen LogP contribution is 2.41. The molecular weight excluding hydrogens is 378 g/mol. The molecule has 2 heterocycles. The molecule has 2 amide bonds. The van der Waals surface area contributed by atoms with E-state index < -0.39 is 0 Å². The maximum absolute atomic E-state index is 12.8. The summed E-state index contributed by atoms with van der Waals surface area (Å²) in [6.45, 7) is 0.922. The zero-order valence-electron chi connectivity index (χ0n) is 16.7. The van der Waals surface area contributed by atoms with Crippen LogP contribution in [0.2, 0.25) is 0 Å². The number of benzene rings is 2. The van der Waals surface area contributed by atoms with Crippen molar-refractivity contribution >= 4 is 11.8 Å². The van der Waals surface area contributed by atoms with E-state index in [4.69, 9.17) is 4.74 Å². The van der Waals surface area contributed by atoms with E-state index >= 15 is 0 Å². The third-order valence-corrected chi connectivity index (χ3v) is 5.25. The van der Waals surface area contributed by atoms with Crippen molar-refractivity contribution in [3.63, 3.8) is 0 Å². The number of carbonyl (C=O) groups is 2. The molecule has 0 bridgehead atoms. The number of hydrogen-bond acceptors (Lipinski definition) is 4. The standard InChI is InChI=1S/C24H23N3O3/c1-25-24(29)20-13-18(23(28)27-11-9-16-6-5-10-26-14-16)12-19-21(15-30-22(19)20)17-7-3-2-4-8-17/h2-8,10,12-14,21H,9,11,15H2,1H3,(H,25,29)(H,27,28)/t21-/m1/s1. The van der Waals surface area contributed by atoms with Crippen LogP contribution in [0.3, 0.4) is 0 Å². The fraction of sp³-hybridized carbons (Fsp3) is 0.208. The number of nitrogens with one attached hydrogen (secondary N) is 2. The van der Waals surface area contributed by atoms with E-state index in [1.54, 1.807) is 25.5 Å². The van der Waals surface area contributed by atoms with Gasteiger partial charge in [-0.3, -0.25) is 14.6 Å². The number of ether oxygens (including phenoxy) is 1. The van der Waals surface area contributed by atoms with Gasteiger partial charge in [0, 0.05) is 43.0 Å². The fourth-order valence-corrected chi connectivity index (χ4v) is 3.69. The van der Waals surface area contributed by atoms with E-state index in [0.29, 0.717) is 36.4 Å². The topological polar surface area (TPSA) is 80.3 Å². The van der Waals surface area contributed by atoms with Crippen LogP contribution in [0.15, 0.2) is 67.0 Å². The summed E-state index contributed by atoms with van der Waals surface area (Å²) >= 11 is 0. The lowest BCUT2D eigenvalue weighted by Gasteiger charge is -2.13. The monoisotopic (exact) mass is 401 g/mol. The first kappa shape index (κ1) is 19.6. The molecule has 152 valence electrons. The molecule has 2 aromatic carbocycles. The second-order valence-corrected chi connectivity index (χ2v) is 7.16. The lowest BCUT2D eigenvalue weighted by atomic mass is 9.90. The van der Waals surface area contributed by atoms with Gasteiger partial charge in [-0.25, -0.2) is 0 Å². The molecule has 1 aromatic heterocycles. The van der Waals surface area contributed by atoms with E-state index in [9.17, 15) is 9.59 Å². The highest BCUT2D eigenvalue weighted by molar-refractivity contribution is 6.02. The van der Waals surface area contributed by atoms with E-state index in [0.717, 1.165) is 16.7 Å². The highest BCUT2D eigenvalue weighted by atomic mass is 16.5. The number of pyridine rings is 1. The second-order valence-electron chi connectivity index (χ2n) is 7.16. The van der Waals surface area contributed by atoms with Gasteiger partial charge in [-0.05, 0) is 35.7 Å². The number of nitrogens with zero attached hydrogens (tertiary/aromatic N) is 1. The summed E-state index contributed by atoms with van der Waals surface area (Å²) in [7, 11) is 1.57. The average Bonchev–Trinajstić information content (AvgIpc) is 3.23. The summed E-state index contributed by atoms with van der Waals surface area (Å²) in [6, 6.07) is 17.3. The number of fused-ring (bicyclic) bond motifs is 1. The third kappa shape index (κ3) is 4.03. The van der Waals surface area contributed by atoms with Crippen LogP contribution in [0.25, 0.3) is 0 Å². The number of rotatable bonds is 6. The molecule has 1 aliphatic heterocycles. The van der Waals surface area contributed by atoms with Crippen LogP contribution in [-0.2, 0) is 6.42 Å². The van der Waals surface area contributed by atoms with Crippen LogP contribution in [-0.4, -0.2) is 37.0 Å². The third-order valence-electron chi connectivity index (χ3n) is 5.25. The van der Waals surface area contributed by atoms with Crippen molar-refractivity contribution in [2.75, 3.05) is 20.2 Å². The molecule has 4 rings (SSSR count). The van der Waals surface area contributed by atoms with E-state index in [-0.39, 0.29) is 17.7 Å². The number of aromatic nitrogens is 1. The first-order valence-electron chi connectivity index (χ1n) is 9.92. The van der Waals surface area contributed by atoms with Crippen LogP contribution in [0, 0.1) is 0 Å². The minimum absolute atomic E-state index is 0.0206. The van der Waals surface area contributed by atoms with Gasteiger partial charge in [0.15, 0.2) is 0 Å². The Morgan fingerprint density at radius 1 is 1.10 bits per heavy atom. The van der Waals surface area contributed by atoms with Crippen molar-refractivity contribution in [2.45, 2.75) is 12.3 Å². The molecule has 0 saturated heterocycles. The first-order chi connectivity index (χ1) is 14.7. The Labute approximate surface area is 175 Å². The second kappa shape index (κ2) is 8.78. The van der Waals surface area contributed by atoms with Crippen molar-refractivity contribution in [2.24, 2.45) is 0 Å². The highest BCUT2D eigenvalue weighted by Gasteiger charge is 2.31. The van der Waals surface area contributed by atoms with Crippen molar-refractivity contribution in [1.82, 2.24) is 15.6 Å². The van der Waals surface area contributed by atoms with Crippen LogP contribution in [0.1, 0.15) is 43.3 Å². The Kier molecular flexibility index (Phi) is 5.75. The van der Waals surface area contributed by atoms with E-state index in [1.165, 1.54) is 0 Å². The number of amides is 2. The Balaban J connectivity index is 1.60. The summed E-state index contributed by atoms with van der Waals surface area (Å²) in [5.41, 5.74) is 3.83. The summed E-state index contributed by atoms with van der Waals surface area (Å²) in [6.07, 6.45) is 4.19. The van der Waals surface area contributed by atoms with E-state index in [1.807, 2.05) is 48.5 Å². The molecule has 0 spiro atoms. The molecule has 30 heavy (non-hydrogen) atoms. The zero-order chi connectivity index (χ0) is 20.9. The summed E-state index contributed by atoms with van der Waals surface area (Å²) in [5.74, 6) is 0.0402. The largest absolute Gasteiger partial charge is 0.491 e. The Morgan fingerprint density at radius 2 is 1.93 bits per heavy atom. The molecule has 6 nitrogen and oxygen atoms in total. The molecule has 1 atom stereocenters. The van der Waals surface area contributed by atoms with Gasteiger partial charge in [0.25, 0.3) is 11.8 Å². The molecular formula is C24H23N3O3. The number of hydrogen-bond donors (Lipinski definition) is 2. The Hall–Kier alpha value is -3.67. The fourth-order valence-electron chi connectivity index (χ4n) is 3.69. The van der Waals surface area contributed by atoms with Crippen molar-refractivity contribution in [3.8, 4) is 5.75 Å². The smallest absolute Gasteiger partial charge is 0.254 e. The normalized spacial score (nSPS) is 14.5. The number of carbonyl (C=O) groups excluding carboxylic acids is 2. The summed E-state index contributed by atoms with van der Waals surface area (Å²) in [5, 5.41) is 5.58. The molecule has 0 fully saturated rings. The van der Waals surface area contributed by atoms with Crippen molar-refractivity contribution in [1.29, 1.82) is 0 Å². The maximum atomic E-state index is 12.8. The van der Waals surface area contributed by atoms with Gasteiger partial charge in [-0.2, -0.15) is 0 Å². The van der Waals surface area contributed by atoms with Crippen molar-refractivity contribution < 1.29 is 14.3 Å². The quantitative estimate of drug-likeness (QED) is 0.666. The van der Waals surface area contributed by atoms with Crippen LogP contribution in [0.4, 0.5) is 0 Å². The summed E-state index contributed by atoms with van der Waals surface area (Å²) in [4.78, 5) is 29.4. The van der Waals surface area contributed by atoms with Gasteiger partial charge in [0.05, 0.1) is 12.2 Å². The Bertz CT molecular complexity index is 1050. The van der Waals surface area contributed by atoms with Gasteiger partial charge >= 0.3 is 0 Å². The lowest BCUT2D eigenvalue weighted by Crippen LogP contribution is -2.27. The molecule has 3 aromatic rings. The molecule has 0 radical (unpaired) electrons. The van der Waals surface area contributed by atoms with Gasteiger partial charge in [0.1, 0.15) is 5.75 Å². The SMILES string of the molecule is CNC(=O)c1cc(C(=O)NCCc2cccnc2)cc2c1OC[C@@H]2c1ccccc1. The van der Waals surface area contributed by atoms with Crippen LogP contribution >= 0.6 is 0 Å². The van der Waals surface area contributed by atoms with E-state index in [2.05, 4.69) is 15.6 Å². The molecule has 2 N–H and O–H groups in total. The average molecular weight is 401 g/mol. The predicted octanol–water partition coefficient (Wildman–Crippen LogP) is 2.94. The molecule has 6 heteroatoms.